The second-order valence-corrected chi connectivity index (χ2v) is 5.11. The highest BCUT2D eigenvalue weighted by Crippen LogP contribution is 2.25. The Labute approximate surface area is 113 Å². The van der Waals surface area contributed by atoms with E-state index in [9.17, 15) is 4.79 Å². The number of anilines is 1. The number of rotatable bonds is 4. The second kappa shape index (κ2) is 6.02. The van der Waals surface area contributed by atoms with Gasteiger partial charge in [0.1, 0.15) is 5.82 Å². The summed E-state index contributed by atoms with van der Waals surface area (Å²) in [5, 5.41) is 0. The lowest BCUT2D eigenvalue weighted by Gasteiger charge is -2.20. The first kappa shape index (κ1) is 13.8. The van der Waals surface area contributed by atoms with Crippen LogP contribution in [0.5, 0.6) is 0 Å². The summed E-state index contributed by atoms with van der Waals surface area (Å²) in [4.78, 5) is 18.4. The molecule has 5 heteroatoms. The number of carbonyl (C=O) groups is 1. The van der Waals surface area contributed by atoms with Gasteiger partial charge in [-0.2, -0.15) is 0 Å². The summed E-state index contributed by atoms with van der Waals surface area (Å²) in [5.41, 5.74) is 6.73. The molecular formula is C14H21N3O2. The van der Waals surface area contributed by atoms with E-state index < -0.39 is 0 Å². The van der Waals surface area contributed by atoms with Crippen molar-refractivity contribution in [1.29, 1.82) is 0 Å². The molecule has 0 amide bonds. The lowest BCUT2D eigenvalue weighted by molar-refractivity contribution is -0.151. The molecule has 2 rings (SSSR count). The Bertz CT molecular complexity index is 448. The molecule has 0 spiro atoms. The van der Waals surface area contributed by atoms with Crippen LogP contribution in [-0.2, 0) is 16.1 Å². The molecule has 1 aliphatic rings. The predicted octanol–water partition coefficient (Wildman–Crippen LogP) is 1.32. The van der Waals surface area contributed by atoms with Gasteiger partial charge < -0.3 is 15.4 Å². The van der Waals surface area contributed by atoms with Crippen LogP contribution in [0, 0.1) is 5.92 Å². The lowest BCUT2D eigenvalue weighted by Crippen LogP contribution is -2.27. The summed E-state index contributed by atoms with van der Waals surface area (Å²) in [7, 11) is 0. The Morgan fingerprint density at radius 3 is 3.11 bits per heavy atom. The molecule has 1 atom stereocenters. The van der Waals surface area contributed by atoms with Crippen molar-refractivity contribution in [3.63, 3.8) is 0 Å². The van der Waals surface area contributed by atoms with Gasteiger partial charge in [0, 0.05) is 31.4 Å². The Balaban J connectivity index is 2.04. The number of carbonyl (C=O) groups excluding carboxylic acids is 1. The quantitative estimate of drug-likeness (QED) is 0.830. The molecule has 1 aromatic rings. The molecule has 0 saturated carbocycles. The van der Waals surface area contributed by atoms with Crippen LogP contribution in [0.4, 0.5) is 5.82 Å². The van der Waals surface area contributed by atoms with Gasteiger partial charge in [-0.15, -0.1) is 0 Å². The molecule has 1 unspecified atom stereocenters. The number of hydrogen-bond donors (Lipinski definition) is 1. The van der Waals surface area contributed by atoms with E-state index >= 15 is 0 Å². The Kier molecular flexibility index (Phi) is 4.37. The van der Waals surface area contributed by atoms with E-state index in [1.165, 1.54) is 0 Å². The Morgan fingerprint density at radius 1 is 1.63 bits per heavy atom. The molecule has 0 aliphatic carbocycles. The van der Waals surface area contributed by atoms with Crippen LogP contribution in [0.3, 0.4) is 0 Å². The fourth-order valence-corrected chi connectivity index (χ4v) is 2.35. The van der Waals surface area contributed by atoms with Crippen molar-refractivity contribution in [3.8, 4) is 0 Å². The molecular weight excluding hydrogens is 242 g/mol. The van der Waals surface area contributed by atoms with E-state index in [0.717, 1.165) is 24.3 Å². The third-order valence-electron chi connectivity index (χ3n) is 3.26. The summed E-state index contributed by atoms with van der Waals surface area (Å²) < 4.78 is 5.26. The largest absolute Gasteiger partial charge is 0.463 e. The first-order valence-corrected chi connectivity index (χ1v) is 6.71. The summed E-state index contributed by atoms with van der Waals surface area (Å²) in [5.74, 6) is 0.725. The van der Waals surface area contributed by atoms with Gasteiger partial charge in [-0.1, -0.05) is 6.07 Å². The standard InChI is InChI=1S/C14H21N3O2/c1-10(2)19-14(18)12-5-7-17(9-12)13-11(8-15)4-3-6-16-13/h3-4,6,10,12H,5,7-9,15H2,1-2H3. The summed E-state index contributed by atoms with van der Waals surface area (Å²) in [6.45, 7) is 5.68. The Morgan fingerprint density at radius 2 is 2.42 bits per heavy atom. The van der Waals surface area contributed by atoms with Crippen LogP contribution in [0.1, 0.15) is 25.8 Å². The van der Waals surface area contributed by atoms with Crippen LogP contribution in [0.15, 0.2) is 18.3 Å². The van der Waals surface area contributed by atoms with Crippen molar-refractivity contribution in [2.75, 3.05) is 18.0 Å². The number of nitrogens with zero attached hydrogens (tertiary/aromatic N) is 2. The van der Waals surface area contributed by atoms with Gasteiger partial charge in [0.25, 0.3) is 0 Å². The van der Waals surface area contributed by atoms with Gasteiger partial charge in [-0.05, 0) is 26.3 Å². The van der Waals surface area contributed by atoms with E-state index in [-0.39, 0.29) is 18.0 Å². The van der Waals surface area contributed by atoms with Crippen molar-refractivity contribution in [2.24, 2.45) is 11.7 Å². The SMILES string of the molecule is CC(C)OC(=O)C1CCN(c2ncccc2CN)C1. The minimum absolute atomic E-state index is 0.0593. The number of aromatic nitrogens is 1. The van der Waals surface area contributed by atoms with Gasteiger partial charge in [0.2, 0.25) is 0 Å². The molecule has 2 N–H and O–H groups in total. The maximum absolute atomic E-state index is 11.9. The van der Waals surface area contributed by atoms with E-state index in [2.05, 4.69) is 9.88 Å². The maximum Gasteiger partial charge on any atom is 0.311 e. The smallest absolute Gasteiger partial charge is 0.311 e. The highest BCUT2D eigenvalue weighted by atomic mass is 16.5. The maximum atomic E-state index is 11.9. The van der Waals surface area contributed by atoms with E-state index in [1.54, 1.807) is 6.20 Å². The van der Waals surface area contributed by atoms with E-state index in [1.807, 2.05) is 26.0 Å². The summed E-state index contributed by atoms with van der Waals surface area (Å²) >= 11 is 0. The van der Waals surface area contributed by atoms with Crippen LogP contribution in [0.2, 0.25) is 0 Å². The van der Waals surface area contributed by atoms with Gasteiger partial charge in [-0.3, -0.25) is 4.79 Å². The topological polar surface area (TPSA) is 68.5 Å². The third-order valence-corrected chi connectivity index (χ3v) is 3.26. The molecule has 0 bridgehead atoms. The highest BCUT2D eigenvalue weighted by molar-refractivity contribution is 5.74. The zero-order valence-electron chi connectivity index (χ0n) is 11.5. The molecule has 19 heavy (non-hydrogen) atoms. The zero-order chi connectivity index (χ0) is 13.8. The van der Waals surface area contributed by atoms with E-state index in [0.29, 0.717) is 13.1 Å². The van der Waals surface area contributed by atoms with Gasteiger partial charge in [0.05, 0.1) is 12.0 Å². The normalized spacial score (nSPS) is 18.9. The monoisotopic (exact) mass is 263 g/mol. The molecule has 1 saturated heterocycles. The molecule has 1 fully saturated rings. The van der Waals surface area contributed by atoms with Crippen LogP contribution >= 0.6 is 0 Å². The number of pyridine rings is 1. The van der Waals surface area contributed by atoms with Crippen molar-refractivity contribution >= 4 is 11.8 Å². The summed E-state index contributed by atoms with van der Waals surface area (Å²) in [6.07, 6.45) is 2.51. The molecule has 0 aromatic carbocycles. The molecule has 2 heterocycles. The van der Waals surface area contributed by atoms with Crippen molar-refractivity contribution in [2.45, 2.75) is 32.9 Å². The third kappa shape index (κ3) is 3.23. The summed E-state index contributed by atoms with van der Waals surface area (Å²) in [6, 6.07) is 3.86. The van der Waals surface area contributed by atoms with Crippen molar-refractivity contribution < 1.29 is 9.53 Å². The van der Waals surface area contributed by atoms with Crippen LogP contribution < -0.4 is 10.6 Å². The number of ether oxygens (including phenoxy) is 1. The highest BCUT2D eigenvalue weighted by Gasteiger charge is 2.31. The van der Waals surface area contributed by atoms with Crippen LogP contribution in [0.25, 0.3) is 0 Å². The second-order valence-electron chi connectivity index (χ2n) is 5.11. The van der Waals surface area contributed by atoms with E-state index in [4.69, 9.17) is 10.5 Å². The lowest BCUT2D eigenvalue weighted by atomic mass is 10.1. The van der Waals surface area contributed by atoms with Crippen molar-refractivity contribution in [1.82, 2.24) is 4.98 Å². The molecule has 5 nitrogen and oxygen atoms in total. The Hall–Kier alpha value is -1.62. The first-order valence-electron chi connectivity index (χ1n) is 6.71. The predicted molar refractivity (Wildman–Crippen MR) is 73.7 cm³/mol. The number of hydrogen-bond acceptors (Lipinski definition) is 5. The fourth-order valence-electron chi connectivity index (χ4n) is 2.35. The fraction of sp³-hybridized carbons (Fsp3) is 0.571. The zero-order valence-corrected chi connectivity index (χ0v) is 11.5. The number of nitrogens with two attached hydrogens (primary N) is 1. The average Bonchev–Trinajstić information content (AvgIpc) is 2.87. The molecule has 0 radical (unpaired) electrons. The van der Waals surface area contributed by atoms with Gasteiger partial charge in [0.15, 0.2) is 0 Å². The van der Waals surface area contributed by atoms with Crippen LogP contribution in [-0.4, -0.2) is 30.1 Å². The first-order chi connectivity index (χ1) is 9.11. The van der Waals surface area contributed by atoms with Gasteiger partial charge >= 0.3 is 5.97 Å². The minimum Gasteiger partial charge on any atom is -0.463 e. The van der Waals surface area contributed by atoms with Gasteiger partial charge in [-0.25, -0.2) is 4.98 Å². The number of esters is 1. The molecule has 104 valence electrons. The molecule has 1 aliphatic heterocycles. The average molecular weight is 263 g/mol. The minimum atomic E-state index is -0.109. The van der Waals surface area contributed by atoms with Crippen molar-refractivity contribution in [3.05, 3.63) is 23.9 Å². The molecule has 1 aromatic heterocycles.